The maximum atomic E-state index is 13.8. The monoisotopic (exact) mass is 560 g/mol. The number of aliphatic hydroxyl groups excluding tert-OH is 1. The summed E-state index contributed by atoms with van der Waals surface area (Å²) < 4.78 is 25.7. The molecule has 40 heavy (non-hydrogen) atoms. The quantitative estimate of drug-likeness (QED) is 0.481. The Morgan fingerprint density at radius 3 is 2.27 bits per heavy atom. The summed E-state index contributed by atoms with van der Waals surface area (Å²) in [5.41, 5.74) is -1.58. The van der Waals surface area contributed by atoms with E-state index in [0.717, 1.165) is 31.3 Å². The van der Waals surface area contributed by atoms with Crippen LogP contribution in [0.5, 0.6) is 0 Å². The minimum absolute atomic E-state index is 0.0155. The number of allylic oxidation sites excluding steroid dienone is 1. The Kier molecular flexibility index (Phi) is 6.48. The Morgan fingerprint density at radius 2 is 1.60 bits per heavy atom. The number of ether oxygens (including phenoxy) is 4. The van der Waals surface area contributed by atoms with E-state index >= 15 is 0 Å². The molecule has 4 aliphatic carbocycles. The van der Waals surface area contributed by atoms with Gasteiger partial charge in [0.15, 0.2) is 17.4 Å². The Labute approximate surface area is 240 Å². The molecule has 0 amide bonds. The van der Waals surface area contributed by atoms with Crippen molar-refractivity contribution < 1.29 is 34.0 Å². The third-order valence-corrected chi connectivity index (χ3v) is 12.4. The van der Waals surface area contributed by atoms with Gasteiger partial charge < -0.3 is 29.2 Å². The lowest BCUT2D eigenvalue weighted by Crippen LogP contribution is -2.62. The first-order valence-corrected chi connectivity index (χ1v) is 15.8. The summed E-state index contributed by atoms with van der Waals surface area (Å²) in [5, 5.41) is 23.6. The lowest BCUT2D eigenvalue weighted by Gasteiger charge is -2.60. The highest BCUT2D eigenvalue weighted by atomic mass is 16.8. The number of rotatable bonds is 4. The zero-order valence-corrected chi connectivity index (χ0v) is 26.1. The van der Waals surface area contributed by atoms with Crippen LogP contribution in [0.1, 0.15) is 107 Å². The number of fused-ring (bicyclic) bond motifs is 6. The van der Waals surface area contributed by atoms with Gasteiger partial charge in [-0.3, -0.25) is 4.79 Å². The van der Waals surface area contributed by atoms with Crippen LogP contribution in [-0.4, -0.2) is 63.2 Å². The van der Waals surface area contributed by atoms with Crippen LogP contribution >= 0.6 is 0 Å². The van der Waals surface area contributed by atoms with Crippen LogP contribution in [0.4, 0.5) is 0 Å². The molecule has 6 rings (SSSR count). The number of ketones is 1. The third-order valence-electron chi connectivity index (χ3n) is 12.4. The van der Waals surface area contributed by atoms with Crippen LogP contribution in [0.2, 0.25) is 0 Å². The normalized spacial score (nSPS) is 51.6. The molecule has 0 spiro atoms. The van der Waals surface area contributed by atoms with Gasteiger partial charge in [0.2, 0.25) is 0 Å². The maximum Gasteiger partial charge on any atom is 0.164 e. The molecule has 0 radical (unpaired) electrons. The van der Waals surface area contributed by atoms with Crippen LogP contribution in [0, 0.1) is 34.5 Å². The Balaban J connectivity index is 1.34. The van der Waals surface area contributed by atoms with Gasteiger partial charge in [-0.15, -0.1) is 0 Å². The van der Waals surface area contributed by atoms with Crippen LogP contribution < -0.4 is 0 Å². The maximum absolute atomic E-state index is 13.8. The molecule has 2 aliphatic heterocycles. The van der Waals surface area contributed by atoms with Crippen molar-refractivity contribution in [2.75, 3.05) is 0 Å². The second-order valence-corrected chi connectivity index (χ2v) is 16.0. The predicted molar refractivity (Wildman–Crippen MR) is 150 cm³/mol. The summed E-state index contributed by atoms with van der Waals surface area (Å²) in [6, 6.07) is 0. The fourth-order valence-electron chi connectivity index (χ4n) is 10.4. The van der Waals surface area contributed by atoms with Crippen molar-refractivity contribution >= 4 is 5.78 Å². The Bertz CT molecular complexity index is 1100. The van der Waals surface area contributed by atoms with Gasteiger partial charge in [-0.1, -0.05) is 27.7 Å². The second-order valence-electron chi connectivity index (χ2n) is 16.0. The molecule has 0 bridgehead atoms. The van der Waals surface area contributed by atoms with E-state index in [2.05, 4.69) is 20.8 Å². The molecule has 2 saturated heterocycles. The molecular weight excluding hydrogens is 508 g/mol. The average molecular weight is 561 g/mol. The van der Waals surface area contributed by atoms with Gasteiger partial charge in [0.25, 0.3) is 0 Å². The van der Waals surface area contributed by atoms with Crippen molar-refractivity contribution in [3.8, 4) is 0 Å². The van der Waals surface area contributed by atoms with Gasteiger partial charge >= 0.3 is 0 Å². The zero-order valence-electron chi connectivity index (χ0n) is 26.1. The molecule has 0 aromatic rings. The van der Waals surface area contributed by atoms with E-state index in [4.69, 9.17) is 18.9 Å². The van der Waals surface area contributed by atoms with Crippen molar-refractivity contribution in [1.82, 2.24) is 0 Å². The van der Waals surface area contributed by atoms with E-state index in [1.165, 1.54) is 0 Å². The summed E-state index contributed by atoms with van der Waals surface area (Å²) in [7, 11) is 0. The van der Waals surface area contributed by atoms with Crippen LogP contribution in [0.25, 0.3) is 0 Å². The number of aliphatic hydroxyl groups is 2. The number of hydrogen-bond donors (Lipinski definition) is 2. The van der Waals surface area contributed by atoms with Crippen LogP contribution in [0.3, 0.4) is 0 Å². The molecule has 3 saturated carbocycles. The van der Waals surface area contributed by atoms with Gasteiger partial charge in [-0.25, -0.2) is 0 Å². The highest BCUT2D eigenvalue weighted by molar-refractivity contribution is 5.95. The first-order chi connectivity index (χ1) is 18.4. The standard InChI is InChI=1S/C33H52O7/c1-18(2)22(34)16-27-32(9,40-29(5,6)39-27)26-11-13-33(36)20-14-23(35)21-15-24-25(38-28(3,4)37-24)17-30(21,7)19(20)10-12-31(26,33)8/h14,18-19,21-22,24-27,34,36H,10-13,15-17H2,1-9H3/t19-,21-,22+,24+,25-,26-,27+,30+,31+,32+,33+/m0/s1. The SMILES string of the molecule is CC(C)[C@H](O)C[C@H]1OC(C)(C)O[C@]1(C)[C@H]1CC[C@@]2(O)C3=CC(=O)[C@@H]4C[C@H]5OC(C)(C)O[C@H]5C[C@]4(C)[C@H]3CC[C@]12C. The molecule has 5 fully saturated rings. The molecule has 11 atom stereocenters. The minimum atomic E-state index is -1.09. The molecule has 2 heterocycles. The van der Waals surface area contributed by atoms with Crippen LogP contribution in [-0.2, 0) is 23.7 Å². The summed E-state index contributed by atoms with van der Waals surface area (Å²) in [6.07, 6.45) is 6.06. The van der Waals surface area contributed by atoms with Crippen molar-refractivity contribution in [1.29, 1.82) is 0 Å². The minimum Gasteiger partial charge on any atom is -0.393 e. The largest absolute Gasteiger partial charge is 0.393 e. The summed E-state index contributed by atoms with van der Waals surface area (Å²) >= 11 is 0. The fourth-order valence-corrected chi connectivity index (χ4v) is 10.4. The number of carbonyl (C=O) groups is 1. The van der Waals surface area contributed by atoms with E-state index in [1.54, 1.807) is 0 Å². The van der Waals surface area contributed by atoms with Gasteiger partial charge in [-0.2, -0.15) is 0 Å². The third kappa shape index (κ3) is 4.01. The molecule has 2 N–H and O–H groups in total. The second kappa shape index (κ2) is 8.86. The first kappa shape index (κ1) is 29.3. The van der Waals surface area contributed by atoms with E-state index in [1.807, 2.05) is 47.6 Å². The first-order valence-electron chi connectivity index (χ1n) is 15.8. The van der Waals surface area contributed by atoms with Gasteiger partial charge in [-0.05, 0) is 108 Å². The van der Waals surface area contributed by atoms with E-state index in [9.17, 15) is 15.0 Å². The van der Waals surface area contributed by atoms with E-state index in [0.29, 0.717) is 19.3 Å². The molecular formula is C33H52O7. The van der Waals surface area contributed by atoms with Crippen LogP contribution in [0.15, 0.2) is 11.6 Å². The predicted octanol–water partition coefficient (Wildman–Crippen LogP) is 5.31. The number of hydrogen-bond acceptors (Lipinski definition) is 7. The summed E-state index contributed by atoms with van der Waals surface area (Å²) in [5.74, 6) is -1.13. The molecule has 0 unspecified atom stereocenters. The van der Waals surface area contributed by atoms with Gasteiger partial charge in [0, 0.05) is 17.8 Å². The summed E-state index contributed by atoms with van der Waals surface area (Å²) in [6.45, 7) is 18.5. The smallest absolute Gasteiger partial charge is 0.164 e. The van der Waals surface area contributed by atoms with E-state index < -0.39 is 34.3 Å². The number of carbonyl (C=O) groups excluding carboxylic acids is 1. The molecule has 7 nitrogen and oxygen atoms in total. The fraction of sp³-hybridized carbons (Fsp3) is 0.909. The molecule has 7 heteroatoms. The topological polar surface area (TPSA) is 94.5 Å². The van der Waals surface area contributed by atoms with Crippen molar-refractivity contribution in [2.45, 2.75) is 154 Å². The lowest BCUT2D eigenvalue weighted by molar-refractivity contribution is -0.190. The van der Waals surface area contributed by atoms with E-state index in [-0.39, 0.29) is 53.2 Å². The highest BCUT2D eigenvalue weighted by Crippen LogP contribution is 2.70. The lowest BCUT2D eigenvalue weighted by atomic mass is 9.45. The Morgan fingerprint density at radius 1 is 0.925 bits per heavy atom. The molecule has 0 aromatic heterocycles. The van der Waals surface area contributed by atoms with Crippen molar-refractivity contribution in [2.24, 2.45) is 34.5 Å². The van der Waals surface area contributed by atoms with Gasteiger partial charge in [0.05, 0.1) is 35.6 Å². The van der Waals surface area contributed by atoms with Crippen molar-refractivity contribution in [3.05, 3.63) is 11.6 Å². The van der Waals surface area contributed by atoms with Crippen molar-refractivity contribution in [3.63, 3.8) is 0 Å². The van der Waals surface area contributed by atoms with Gasteiger partial charge in [0.1, 0.15) is 0 Å². The molecule has 0 aromatic carbocycles. The Hall–Kier alpha value is -0.830. The highest BCUT2D eigenvalue weighted by Gasteiger charge is 2.71. The zero-order chi connectivity index (χ0) is 29.3. The summed E-state index contributed by atoms with van der Waals surface area (Å²) in [4.78, 5) is 13.8. The molecule has 226 valence electrons. The average Bonchev–Trinajstić information content (AvgIpc) is 3.36. The molecule has 6 aliphatic rings.